The van der Waals surface area contributed by atoms with Crippen molar-refractivity contribution in [2.45, 2.75) is 130 Å². The highest BCUT2D eigenvalue weighted by Gasteiger charge is 2.49. The van der Waals surface area contributed by atoms with Crippen molar-refractivity contribution in [1.29, 1.82) is 0 Å². The molecule has 1 heterocycles. The predicted octanol–water partition coefficient (Wildman–Crippen LogP) is 9.19. The van der Waals surface area contributed by atoms with E-state index in [1.807, 2.05) is 19.1 Å². The zero-order valence-corrected chi connectivity index (χ0v) is 30.6. The molecule has 0 unspecified atom stereocenters. The minimum Gasteiger partial charge on any atom is -0.494 e. The SMILES string of the molecule is C=CCOCc1ccc(Cc2ccc(OCC)cc2)cc1[C@@H]1O[C@H](COCCCC)[C@@H](OCCCC)[C@H](OCCCC)[C@H]1OCCCC. The number of hydrogen-bond acceptors (Lipinski definition) is 7. The number of rotatable bonds is 26. The van der Waals surface area contributed by atoms with Crippen molar-refractivity contribution in [2.24, 2.45) is 0 Å². The first-order chi connectivity index (χ1) is 23.6. The third-order valence-electron chi connectivity index (χ3n) is 8.64. The van der Waals surface area contributed by atoms with E-state index in [1.54, 1.807) is 6.08 Å². The van der Waals surface area contributed by atoms with E-state index in [0.717, 1.165) is 74.7 Å². The molecule has 7 heteroatoms. The van der Waals surface area contributed by atoms with Crippen LogP contribution in [0, 0.1) is 0 Å². The molecule has 0 bridgehead atoms. The monoisotopic (exact) mass is 668 g/mol. The molecule has 1 fully saturated rings. The van der Waals surface area contributed by atoms with Gasteiger partial charge in [0.05, 0.1) is 26.4 Å². The van der Waals surface area contributed by atoms with Crippen LogP contribution in [0.4, 0.5) is 0 Å². The first-order valence-electron chi connectivity index (χ1n) is 18.7. The van der Waals surface area contributed by atoms with Gasteiger partial charge >= 0.3 is 0 Å². The van der Waals surface area contributed by atoms with E-state index in [-0.39, 0.29) is 30.5 Å². The minimum atomic E-state index is -0.387. The van der Waals surface area contributed by atoms with E-state index in [1.165, 1.54) is 11.1 Å². The molecule has 0 N–H and O–H groups in total. The second kappa shape index (κ2) is 24.0. The zero-order valence-electron chi connectivity index (χ0n) is 30.6. The summed E-state index contributed by atoms with van der Waals surface area (Å²) in [6, 6.07) is 15.0. The third-order valence-corrected chi connectivity index (χ3v) is 8.64. The predicted molar refractivity (Wildman–Crippen MR) is 194 cm³/mol. The van der Waals surface area contributed by atoms with Gasteiger partial charge in [-0.2, -0.15) is 0 Å². The van der Waals surface area contributed by atoms with Gasteiger partial charge in [-0.15, -0.1) is 6.58 Å². The number of benzene rings is 2. The van der Waals surface area contributed by atoms with Gasteiger partial charge in [-0.1, -0.05) is 89.8 Å². The van der Waals surface area contributed by atoms with E-state index in [9.17, 15) is 0 Å². The Labute approximate surface area is 291 Å². The van der Waals surface area contributed by atoms with Crippen LogP contribution in [-0.2, 0) is 41.4 Å². The lowest BCUT2D eigenvalue weighted by atomic mass is 9.87. The Morgan fingerprint density at radius 3 is 1.92 bits per heavy atom. The maximum absolute atomic E-state index is 7.12. The van der Waals surface area contributed by atoms with Gasteiger partial charge in [0.1, 0.15) is 36.3 Å². The lowest BCUT2D eigenvalue weighted by Crippen LogP contribution is -2.58. The molecule has 7 nitrogen and oxygen atoms in total. The van der Waals surface area contributed by atoms with Gasteiger partial charge in [0.2, 0.25) is 0 Å². The van der Waals surface area contributed by atoms with E-state index >= 15 is 0 Å². The van der Waals surface area contributed by atoms with Gasteiger partial charge in [-0.05, 0) is 73.4 Å². The molecule has 1 aliphatic heterocycles. The number of hydrogen-bond donors (Lipinski definition) is 0. The highest BCUT2D eigenvalue weighted by atomic mass is 16.6. The summed E-state index contributed by atoms with van der Waals surface area (Å²) in [5.74, 6) is 0.886. The average molecular weight is 669 g/mol. The Bertz CT molecular complexity index is 1120. The fourth-order valence-electron chi connectivity index (χ4n) is 5.92. The summed E-state index contributed by atoms with van der Waals surface area (Å²) in [4.78, 5) is 0. The minimum absolute atomic E-state index is 0.301. The smallest absolute Gasteiger partial charge is 0.119 e. The lowest BCUT2D eigenvalue weighted by Gasteiger charge is -2.47. The first kappa shape index (κ1) is 40.2. The largest absolute Gasteiger partial charge is 0.494 e. The van der Waals surface area contributed by atoms with Crippen LogP contribution in [0.15, 0.2) is 55.1 Å². The molecule has 5 atom stereocenters. The molecule has 0 amide bonds. The van der Waals surface area contributed by atoms with Gasteiger partial charge in [0.15, 0.2) is 0 Å². The van der Waals surface area contributed by atoms with Gasteiger partial charge in [-0.3, -0.25) is 0 Å². The van der Waals surface area contributed by atoms with Crippen molar-refractivity contribution in [3.8, 4) is 5.75 Å². The van der Waals surface area contributed by atoms with Crippen molar-refractivity contribution in [1.82, 2.24) is 0 Å². The van der Waals surface area contributed by atoms with Gasteiger partial charge < -0.3 is 33.2 Å². The summed E-state index contributed by atoms with van der Waals surface area (Å²) < 4.78 is 45.3. The fraction of sp³-hybridized carbons (Fsp3) is 0.659. The lowest BCUT2D eigenvalue weighted by molar-refractivity contribution is -0.268. The van der Waals surface area contributed by atoms with Crippen LogP contribution >= 0.6 is 0 Å². The Hall–Kier alpha value is -2.26. The summed E-state index contributed by atoms with van der Waals surface area (Å²) in [5.41, 5.74) is 4.55. The summed E-state index contributed by atoms with van der Waals surface area (Å²) in [6.07, 6.45) is 9.06. The van der Waals surface area contributed by atoms with E-state index in [2.05, 4.69) is 64.6 Å². The van der Waals surface area contributed by atoms with Gasteiger partial charge in [-0.25, -0.2) is 0 Å². The molecule has 1 aliphatic rings. The van der Waals surface area contributed by atoms with Crippen LogP contribution in [-0.4, -0.2) is 70.7 Å². The first-order valence-corrected chi connectivity index (χ1v) is 18.7. The average Bonchev–Trinajstić information content (AvgIpc) is 3.10. The van der Waals surface area contributed by atoms with Crippen LogP contribution in [0.5, 0.6) is 5.75 Å². The molecular formula is C41H64O7. The molecule has 48 heavy (non-hydrogen) atoms. The molecule has 0 aliphatic carbocycles. The molecule has 0 spiro atoms. The second-order valence-corrected chi connectivity index (χ2v) is 12.7. The molecule has 0 aromatic heterocycles. The molecule has 0 radical (unpaired) electrons. The van der Waals surface area contributed by atoms with Gasteiger partial charge in [0, 0.05) is 26.4 Å². The normalized spacial score (nSPS) is 21.0. The molecule has 2 aromatic carbocycles. The van der Waals surface area contributed by atoms with Crippen molar-refractivity contribution in [2.75, 3.05) is 46.2 Å². The molecule has 1 saturated heterocycles. The fourth-order valence-corrected chi connectivity index (χ4v) is 5.92. The van der Waals surface area contributed by atoms with Crippen LogP contribution < -0.4 is 4.74 Å². The highest BCUT2D eigenvalue weighted by Crippen LogP contribution is 2.40. The summed E-state index contributed by atoms with van der Waals surface area (Å²) >= 11 is 0. The van der Waals surface area contributed by atoms with Gasteiger partial charge in [0.25, 0.3) is 0 Å². The summed E-state index contributed by atoms with van der Waals surface area (Å²) in [6.45, 7) is 19.2. The Balaban J connectivity index is 2.07. The quantitative estimate of drug-likeness (QED) is 0.0732. The Kier molecular flexibility index (Phi) is 20.1. The summed E-state index contributed by atoms with van der Waals surface area (Å²) in [7, 11) is 0. The molecular weight excluding hydrogens is 604 g/mol. The maximum atomic E-state index is 7.12. The molecule has 2 aromatic rings. The number of ether oxygens (including phenoxy) is 7. The van der Waals surface area contributed by atoms with Crippen molar-refractivity contribution in [3.63, 3.8) is 0 Å². The summed E-state index contributed by atoms with van der Waals surface area (Å²) in [5, 5.41) is 0. The zero-order chi connectivity index (χ0) is 34.4. The van der Waals surface area contributed by atoms with E-state index < -0.39 is 0 Å². The molecule has 270 valence electrons. The van der Waals surface area contributed by atoms with Crippen LogP contribution in [0.2, 0.25) is 0 Å². The molecule has 0 saturated carbocycles. The maximum Gasteiger partial charge on any atom is 0.119 e. The second-order valence-electron chi connectivity index (χ2n) is 12.7. The molecule has 3 rings (SSSR count). The Morgan fingerprint density at radius 2 is 1.29 bits per heavy atom. The van der Waals surface area contributed by atoms with Crippen LogP contribution in [0.1, 0.15) is 114 Å². The van der Waals surface area contributed by atoms with Crippen molar-refractivity contribution < 1.29 is 33.2 Å². The third kappa shape index (κ3) is 13.2. The Morgan fingerprint density at radius 1 is 0.688 bits per heavy atom. The number of unbranched alkanes of at least 4 members (excludes halogenated alkanes) is 4. The van der Waals surface area contributed by atoms with E-state index in [0.29, 0.717) is 52.9 Å². The standard InChI is InChI=1S/C41H64O7/c1-7-13-24-43-31-37-39(45-25-14-8-2)41(47-27-16-10-4)40(46-26-15-9-3)38(48-37)36-29-33(17-20-34(36)30-42-23-11-5)28-32-18-21-35(22-19-32)44-12-6/h11,17-22,29,37-41H,5,7-10,12-16,23-28,30-31H2,1-4,6H3/t37-,38+,39-,40+,41+/m1/s1. The van der Waals surface area contributed by atoms with Crippen LogP contribution in [0.3, 0.4) is 0 Å². The van der Waals surface area contributed by atoms with Crippen molar-refractivity contribution in [3.05, 3.63) is 77.4 Å². The highest BCUT2D eigenvalue weighted by molar-refractivity contribution is 5.38. The van der Waals surface area contributed by atoms with Crippen molar-refractivity contribution >= 4 is 0 Å². The van der Waals surface area contributed by atoms with E-state index in [4.69, 9.17) is 33.2 Å². The topological polar surface area (TPSA) is 64.6 Å². The van der Waals surface area contributed by atoms with Crippen LogP contribution in [0.25, 0.3) is 0 Å².